The Morgan fingerprint density at radius 3 is 2.54 bits per heavy atom. The van der Waals surface area contributed by atoms with Gasteiger partial charge in [0.1, 0.15) is 5.75 Å². The summed E-state index contributed by atoms with van der Waals surface area (Å²) in [6.45, 7) is 0. The third-order valence-electron chi connectivity index (χ3n) is 6.61. The van der Waals surface area contributed by atoms with Crippen molar-refractivity contribution in [3.8, 4) is 17.0 Å². The summed E-state index contributed by atoms with van der Waals surface area (Å²) < 4.78 is 5.29. The van der Waals surface area contributed by atoms with Crippen LogP contribution in [0.15, 0.2) is 29.6 Å². The molecule has 4 aliphatic rings. The molecule has 1 aromatic carbocycles. The Kier molecular flexibility index (Phi) is 3.82. The average molecular weight is 369 g/mol. The molecular formula is C21H24N2O2S. The Hall–Kier alpha value is -1.88. The van der Waals surface area contributed by atoms with E-state index in [1.807, 2.05) is 29.6 Å². The van der Waals surface area contributed by atoms with Gasteiger partial charge in [0.05, 0.1) is 18.2 Å². The Bertz CT molecular complexity index is 809. The number of methoxy groups -OCH3 is 1. The largest absolute Gasteiger partial charge is 0.497 e. The number of anilines is 1. The number of nitrogens with zero attached hydrogens (tertiary/aromatic N) is 1. The molecule has 4 aliphatic carbocycles. The molecule has 2 aromatic rings. The van der Waals surface area contributed by atoms with Gasteiger partial charge >= 0.3 is 0 Å². The van der Waals surface area contributed by atoms with Gasteiger partial charge in [0.25, 0.3) is 0 Å². The minimum absolute atomic E-state index is 0.128. The van der Waals surface area contributed by atoms with E-state index in [9.17, 15) is 4.79 Å². The third kappa shape index (κ3) is 2.73. The minimum Gasteiger partial charge on any atom is -0.497 e. The van der Waals surface area contributed by atoms with Gasteiger partial charge in [-0.3, -0.25) is 4.79 Å². The molecule has 1 aromatic heterocycles. The molecule has 5 heteroatoms. The van der Waals surface area contributed by atoms with Crippen molar-refractivity contribution < 1.29 is 9.53 Å². The Morgan fingerprint density at radius 1 is 1.19 bits per heavy atom. The maximum Gasteiger partial charge on any atom is 0.232 e. The molecule has 26 heavy (non-hydrogen) atoms. The van der Waals surface area contributed by atoms with Gasteiger partial charge < -0.3 is 10.1 Å². The molecule has 136 valence electrons. The van der Waals surface area contributed by atoms with Crippen LogP contribution in [-0.2, 0) is 4.79 Å². The number of nitrogens with one attached hydrogen (secondary N) is 1. The lowest BCUT2D eigenvalue weighted by atomic mass is 9.49. The summed E-state index contributed by atoms with van der Waals surface area (Å²) in [7, 11) is 1.66. The summed E-state index contributed by atoms with van der Waals surface area (Å²) in [6, 6.07) is 7.87. The minimum atomic E-state index is -0.128. The first-order valence-corrected chi connectivity index (χ1v) is 10.4. The van der Waals surface area contributed by atoms with E-state index in [1.54, 1.807) is 7.11 Å². The second kappa shape index (κ2) is 6.08. The zero-order valence-electron chi connectivity index (χ0n) is 15.0. The highest BCUT2D eigenvalue weighted by Gasteiger charge is 2.54. The van der Waals surface area contributed by atoms with Crippen LogP contribution in [0.25, 0.3) is 11.3 Å². The van der Waals surface area contributed by atoms with Crippen molar-refractivity contribution in [3.63, 3.8) is 0 Å². The molecule has 0 unspecified atom stereocenters. The molecule has 4 bridgehead atoms. The molecule has 1 amide bonds. The van der Waals surface area contributed by atoms with Gasteiger partial charge in [0, 0.05) is 10.9 Å². The van der Waals surface area contributed by atoms with Crippen molar-refractivity contribution in [1.29, 1.82) is 0 Å². The Morgan fingerprint density at radius 2 is 1.88 bits per heavy atom. The lowest BCUT2D eigenvalue weighted by Crippen LogP contribution is -2.51. The van der Waals surface area contributed by atoms with Gasteiger partial charge in [-0.2, -0.15) is 0 Å². The number of ether oxygens (including phenoxy) is 1. The zero-order valence-corrected chi connectivity index (χ0v) is 15.8. The first-order valence-electron chi connectivity index (χ1n) is 9.55. The highest BCUT2D eigenvalue weighted by Crippen LogP contribution is 2.60. The molecule has 0 saturated heterocycles. The van der Waals surface area contributed by atoms with E-state index in [1.165, 1.54) is 30.6 Å². The van der Waals surface area contributed by atoms with Gasteiger partial charge in [-0.25, -0.2) is 4.98 Å². The lowest BCUT2D eigenvalue weighted by molar-refractivity contribution is -0.140. The van der Waals surface area contributed by atoms with E-state index in [0.717, 1.165) is 54.0 Å². The Labute approximate surface area is 158 Å². The second-order valence-electron chi connectivity index (χ2n) is 8.42. The molecule has 4 saturated carbocycles. The predicted molar refractivity (Wildman–Crippen MR) is 103 cm³/mol. The maximum atomic E-state index is 13.1. The average Bonchev–Trinajstić information content (AvgIpc) is 3.09. The molecular weight excluding hydrogens is 344 g/mol. The van der Waals surface area contributed by atoms with Crippen molar-refractivity contribution in [2.24, 2.45) is 23.2 Å². The number of hydrogen-bond acceptors (Lipinski definition) is 4. The molecule has 0 aliphatic heterocycles. The highest BCUT2D eigenvalue weighted by atomic mass is 32.1. The van der Waals surface area contributed by atoms with E-state index >= 15 is 0 Å². The number of carbonyl (C=O) groups excluding carboxylic acids is 1. The number of hydrogen-bond donors (Lipinski definition) is 1. The fourth-order valence-corrected chi connectivity index (χ4v) is 6.58. The predicted octanol–water partition coefficient (Wildman–Crippen LogP) is 4.97. The van der Waals surface area contributed by atoms with E-state index < -0.39 is 0 Å². The zero-order chi connectivity index (χ0) is 17.7. The summed E-state index contributed by atoms with van der Waals surface area (Å²) >= 11 is 1.51. The van der Waals surface area contributed by atoms with Gasteiger partial charge in [-0.1, -0.05) is 12.1 Å². The van der Waals surface area contributed by atoms with Gasteiger partial charge in [0.15, 0.2) is 5.13 Å². The lowest BCUT2D eigenvalue weighted by Gasteiger charge is -2.55. The van der Waals surface area contributed by atoms with Crippen LogP contribution >= 0.6 is 11.3 Å². The fraction of sp³-hybridized carbons (Fsp3) is 0.524. The van der Waals surface area contributed by atoms with Crippen molar-refractivity contribution in [2.45, 2.75) is 38.5 Å². The van der Waals surface area contributed by atoms with E-state index in [0.29, 0.717) is 5.13 Å². The monoisotopic (exact) mass is 368 g/mol. The number of rotatable bonds is 4. The van der Waals surface area contributed by atoms with Crippen LogP contribution in [0.1, 0.15) is 38.5 Å². The molecule has 1 N–H and O–H groups in total. The molecule has 4 nitrogen and oxygen atoms in total. The molecule has 0 radical (unpaired) electrons. The summed E-state index contributed by atoms with van der Waals surface area (Å²) in [5, 5.41) is 5.87. The molecule has 6 rings (SSSR count). The van der Waals surface area contributed by atoms with Crippen LogP contribution in [0.3, 0.4) is 0 Å². The number of aromatic nitrogens is 1. The summed E-state index contributed by atoms with van der Waals surface area (Å²) in [4.78, 5) is 17.8. The van der Waals surface area contributed by atoms with Crippen molar-refractivity contribution in [1.82, 2.24) is 4.98 Å². The molecule has 0 spiro atoms. The SMILES string of the molecule is COc1cccc(-c2csc(NC(=O)C34CC5CC(CC(C5)C3)C4)n2)c1. The van der Waals surface area contributed by atoms with Gasteiger partial charge in [0.2, 0.25) is 5.91 Å². The molecule has 0 atom stereocenters. The van der Waals surface area contributed by atoms with Crippen molar-refractivity contribution >= 4 is 22.4 Å². The maximum absolute atomic E-state index is 13.1. The number of benzene rings is 1. The summed E-state index contributed by atoms with van der Waals surface area (Å²) in [5.41, 5.74) is 1.77. The molecule has 1 heterocycles. The topological polar surface area (TPSA) is 51.2 Å². The fourth-order valence-electron chi connectivity index (χ4n) is 5.86. The van der Waals surface area contributed by atoms with Crippen LogP contribution in [0, 0.1) is 23.2 Å². The van der Waals surface area contributed by atoms with Crippen LogP contribution in [0.4, 0.5) is 5.13 Å². The third-order valence-corrected chi connectivity index (χ3v) is 7.37. The quantitative estimate of drug-likeness (QED) is 0.828. The Balaban J connectivity index is 1.34. The summed E-state index contributed by atoms with van der Waals surface area (Å²) in [6.07, 6.45) is 7.30. The van der Waals surface area contributed by atoms with Gasteiger partial charge in [-0.05, 0) is 68.4 Å². The standard InChI is InChI=1S/C21H24N2O2S/c1-25-17-4-2-3-16(8-17)18-12-26-20(22-18)23-19(24)21-9-13-5-14(10-21)7-15(6-13)11-21/h2-4,8,12-15H,5-7,9-11H2,1H3,(H,22,23,24). The highest BCUT2D eigenvalue weighted by molar-refractivity contribution is 7.14. The van der Waals surface area contributed by atoms with Gasteiger partial charge in [-0.15, -0.1) is 11.3 Å². The van der Waals surface area contributed by atoms with Crippen molar-refractivity contribution in [2.75, 3.05) is 12.4 Å². The van der Waals surface area contributed by atoms with Crippen molar-refractivity contribution in [3.05, 3.63) is 29.6 Å². The number of amides is 1. The normalized spacial score (nSPS) is 31.8. The number of carbonyl (C=O) groups is 1. The first-order chi connectivity index (χ1) is 12.6. The van der Waals surface area contributed by atoms with Crippen LogP contribution < -0.4 is 10.1 Å². The molecule has 4 fully saturated rings. The second-order valence-corrected chi connectivity index (χ2v) is 9.28. The van der Waals surface area contributed by atoms with Crippen LogP contribution in [-0.4, -0.2) is 18.0 Å². The number of thiazole rings is 1. The van der Waals surface area contributed by atoms with E-state index in [-0.39, 0.29) is 11.3 Å². The first kappa shape index (κ1) is 16.3. The van der Waals surface area contributed by atoms with E-state index in [4.69, 9.17) is 4.74 Å². The summed E-state index contributed by atoms with van der Waals surface area (Å²) in [5.74, 6) is 3.35. The van der Waals surface area contributed by atoms with Crippen LogP contribution in [0.2, 0.25) is 0 Å². The smallest absolute Gasteiger partial charge is 0.232 e. The van der Waals surface area contributed by atoms with Crippen LogP contribution in [0.5, 0.6) is 5.75 Å². The van der Waals surface area contributed by atoms with E-state index in [2.05, 4.69) is 10.3 Å².